The monoisotopic (exact) mass is 291 g/mol. The number of hydrogen-bond donors (Lipinski definition) is 1. The summed E-state index contributed by atoms with van der Waals surface area (Å²) in [7, 11) is 0. The van der Waals surface area contributed by atoms with Crippen LogP contribution < -0.4 is 0 Å². The summed E-state index contributed by atoms with van der Waals surface area (Å²) in [6.45, 7) is 0. The number of carboxylic acids is 1. The molecule has 7 heteroatoms. The number of halogens is 2. The second-order valence-corrected chi connectivity index (χ2v) is 4.57. The van der Waals surface area contributed by atoms with E-state index in [1.807, 2.05) is 0 Å². The van der Waals surface area contributed by atoms with E-state index in [-0.39, 0.29) is 10.6 Å². The Labute approximate surface area is 117 Å². The lowest BCUT2D eigenvalue weighted by molar-refractivity contribution is 0.0697. The lowest BCUT2D eigenvalue weighted by Gasteiger charge is -2.03. The average molecular weight is 292 g/mol. The molecule has 0 spiro atoms. The molecule has 0 aliphatic carbocycles. The second-order valence-electron chi connectivity index (χ2n) is 4.14. The summed E-state index contributed by atoms with van der Waals surface area (Å²) in [5.41, 5.74) is 1.45. The summed E-state index contributed by atoms with van der Waals surface area (Å²) in [6, 6.07) is 8.34. The first-order valence-electron chi connectivity index (χ1n) is 5.60. The molecule has 0 radical (unpaired) electrons. The molecule has 0 saturated carbocycles. The van der Waals surface area contributed by atoms with Crippen LogP contribution in [0.25, 0.3) is 16.7 Å². The van der Waals surface area contributed by atoms with E-state index in [4.69, 9.17) is 16.7 Å². The first-order chi connectivity index (χ1) is 9.54. The molecule has 0 amide bonds. The van der Waals surface area contributed by atoms with E-state index >= 15 is 0 Å². The number of rotatable bonds is 2. The SMILES string of the molecule is O=C(O)c1ccc2nnn(-c3cc(F)cc(Cl)c3)c2c1. The molecule has 100 valence electrons. The highest BCUT2D eigenvalue weighted by Crippen LogP contribution is 2.21. The summed E-state index contributed by atoms with van der Waals surface area (Å²) < 4.78 is 14.7. The molecule has 20 heavy (non-hydrogen) atoms. The third kappa shape index (κ3) is 2.10. The van der Waals surface area contributed by atoms with Crippen molar-refractivity contribution in [3.8, 4) is 5.69 Å². The molecule has 0 bridgehead atoms. The van der Waals surface area contributed by atoms with Gasteiger partial charge in [0.25, 0.3) is 0 Å². The molecule has 1 heterocycles. The Morgan fingerprint density at radius 2 is 2.05 bits per heavy atom. The van der Waals surface area contributed by atoms with Crippen LogP contribution >= 0.6 is 11.6 Å². The van der Waals surface area contributed by atoms with Crippen LogP contribution in [0.4, 0.5) is 4.39 Å². The fraction of sp³-hybridized carbons (Fsp3) is 0. The molecule has 0 aliphatic heterocycles. The minimum atomic E-state index is -1.06. The topological polar surface area (TPSA) is 68.0 Å². The summed E-state index contributed by atoms with van der Waals surface area (Å²) in [5.74, 6) is -1.57. The lowest BCUT2D eigenvalue weighted by atomic mass is 10.2. The fourth-order valence-corrected chi connectivity index (χ4v) is 2.12. The maximum absolute atomic E-state index is 13.4. The highest BCUT2D eigenvalue weighted by molar-refractivity contribution is 6.30. The second kappa shape index (κ2) is 4.57. The number of aromatic nitrogens is 3. The molecule has 0 fully saturated rings. The smallest absolute Gasteiger partial charge is 0.335 e. The zero-order valence-electron chi connectivity index (χ0n) is 9.92. The zero-order chi connectivity index (χ0) is 14.3. The van der Waals surface area contributed by atoms with Gasteiger partial charge in [-0.1, -0.05) is 16.8 Å². The van der Waals surface area contributed by atoms with Gasteiger partial charge in [-0.15, -0.1) is 5.10 Å². The number of fused-ring (bicyclic) bond motifs is 1. The van der Waals surface area contributed by atoms with Gasteiger partial charge in [0.2, 0.25) is 0 Å². The molecular formula is C13H7ClFN3O2. The van der Waals surface area contributed by atoms with Gasteiger partial charge in [0, 0.05) is 5.02 Å². The van der Waals surface area contributed by atoms with E-state index in [2.05, 4.69) is 10.3 Å². The van der Waals surface area contributed by atoms with Crippen LogP contribution in [-0.2, 0) is 0 Å². The van der Waals surface area contributed by atoms with Crippen molar-refractivity contribution in [2.75, 3.05) is 0 Å². The Morgan fingerprint density at radius 3 is 2.75 bits per heavy atom. The van der Waals surface area contributed by atoms with Crippen LogP contribution in [0.2, 0.25) is 5.02 Å². The molecule has 3 aromatic rings. The van der Waals surface area contributed by atoms with E-state index in [0.29, 0.717) is 16.7 Å². The predicted octanol–water partition coefficient (Wildman–Crippen LogP) is 2.91. The van der Waals surface area contributed by atoms with Crippen LogP contribution in [-0.4, -0.2) is 26.1 Å². The predicted molar refractivity (Wildman–Crippen MR) is 70.8 cm³/mol. The normalized spacial score (nSPS) is 10.9. The highest BCUT2D eigenvalue weighted by Gasteiger charge is 2.11. The number of carboxylic acid groups (broad SMARTS) is 1. The summed E-state index contributed by atoms with van der Waals surface area (Å²) in [4.78, 5) is 11.0. The van der Waals surface area contributed by atoms with Crippen molar-refractivity contribution in [3.63, 3.8) is 0 Å². The number of nitrogens with zero attached hydrogens (tertiary/aromatic N) is 3. The Balaban J connectivity index is 2.25. The van der Waals surface area contributed by atoms with Crippen molar-refractivity contribution in [1.82, 2.24) is 15.0 Å². The van der Waals surface area contributed by atoms with Gasteiger partial charge >= 0.3 is 5.97 Å². The molecule has 0 unspecified atom stereocenters. The van der Waals surface area contributed by atoms with Gasteiger partial charge in [0.05, 0.1) is 16.8 Å². The van der Waals surface area contributed by atoms with E-state index in [1.54, 1.807) is 6.07 Å². The zero-order valence-corrected chi connectivity index (χ0v) is 10.7. The molecular weight excluding hydrogens is 285 g/mol. The van der Waals surface area contributed by atoms with Gasteiger partial charge in [-0.3, -0.25) is 0 Å². The van der Waals surface area contributed by atoms with Crippen molar-refractivity contribution in [3.05, 3.63) is 52.8 Å². The third-order valence-corrected chi connectivity index (χ3v) is 3.00. The summed E-state index contributed by atoms with van der Waals surface area (Å²) in [5, 5.41) is 17.0. The molecule has 0 saturated heterocycles. The van der Waals surface area contributed by atoms with Gasteiger partial charge in [0.1, 0.15) is 11.3 Å². The fourth-order valence-electron chi connectivity index (χ4n) is 1.90. The lowest BCUT2D eigenvalue weighted by Crippen LogP contribution is -1.99. The molecule has 3 rings (SSSR count). The van der Waals surface area contributed by atoms with Gasteiger partial charge in [-0.2, -0.15) is 0 Å². The van der Waals surface area contributed by atoms with Gasteiger partial charge in [-0.25, -0.2) is 13.9 Å². The van der Waals surface area contributed by atoms with Crippen LogP contribution in [0.15, 0.2) is 36.4 Å². The molecule has 1 aromatic heterocycles. The van der Waals surface area contributed by atoms with Gasteiger partial charge in [-0.05, 0) is 36.4 Å². The molecule has 0 aliphatic rings. The summed E-state index contributed by atoms with van der Waals surface area (Å²) in [6.07, 6.45) is 0. The van der Waals surface area contributed by atoms with Crippen molar-refractivity contribution in [2.24, 2.45) is 0 Å². The van der Waals surface area contributed by atoms with Crippen LogP contribution in [0, 0.1) is 5.82 Å². The Kier molecular flexibility index (Phi) is 2.87. The van der Waals surface area contributed by atoms with Gasteiger partial charge in [0.15, 0.2) is 0 Å². The van der Waals surface area contributed by atoms with Crippen LogP contribution in [0.5, 0.6) is 0 Å². The number of hydrogen-bond acceptors (Lipinski definition) is 3. The van der Waals surface area contributed by atoms with Crippen molar-refractivity contribution in [2.45, 2.75) is 0 Å². The van der Waals surface area contributed by atoms with Crippen molar-refractivity contribution in [1.29, 1.82) is 0 Å². The highest BCUT2D eigenvalue weighted by atomic mass is 35.5. The third-order valence-electron chi connectivity index (χ3n) is 2.78. The largest absolute Gasteiger partial charge is 0.478 e. The van der Waals surface area contributed by atoms with Gasteiger partial charge < -0.3 is 5.11 Å². The molecule has 0 atom stereocenters. The number of aromatic carboxylic acids is 1. The maximum atomic E-state index is 13.4. The van der Waals surface area contributed by atoms with Crippen LogP contribution in [0.1, 0.15) is 10.4 Å². The molecule has 2 aromatic carbocycles. The number of carbonyl (C=O) groups is 1. The van der Waals surface area contributed by atoms with Crippen molar-refractivity contribution < 1.29 is 14.3 Å². The summed E-state index contributed by atoms with van der Waals surface area (Å²) >= 11 is 5.80. The van der Waals surface area contributed by atoms with Crippen LogP contribution in [0.3, 0.4) is 0 Å². The van der Waals surface area contributed by atoms with E-state index < -0.39 is 11.8 Å². The minimum absolute atomic E-state index is 0.101. The maximum Gasteiger partial charge on any atom is 0.335 e. The quantitative estimate of drug-likeness (QED) is 0.788. The van der Waals surface area contributed by atoms with E-state index in [1.165, 1.54) is 35.0 Å². The van der Waals surface area contributed by atoms with E-state index in [0.717, 1.165) is 0 Å². The first kappa shape index (κ1) is 12.6. The standard InChI is InChI=1S/C13H7ClFN3O2/c14-8-4-9(15)6-10(5-8)18-12-3-7(13(19)20)1-2-11(12)16-17-18/h1-6H,(H,19,20). The minimum Gasteiger partial charge on any atom is -0.478 e. The molecule has 1 N–H and O–H groups in total. The average Bonchev–Trinajstić information content (AvgIpc) is 2.80. The van der Waals surface area contributed by atoms with E-state index in [9.17, 15) is 9.18 Å². The Hall–Kier alpha value is -2.47. The molecule has 5 nitrogen and oxygen atoms in total. The Morgan fingerprint density at radius 1 is 1.25 bits per heavy atom. The van der Waals surface area contributed by atoms with Crippen molar-refractivity contribution >= 4 is 28.6 Å². The first-order valence-corrected chi connectivity index (χ1v) is 5.97. The number of benzene rings is 2. The Bertz CT molecular complexity index is 811.